The number of pyridine rings is 1. The zero-order valence-electron chi connectivity index (χ0n) is 15.9. The number of imidazole rings is 1. The van der Waals surface area contributed by atoms with Crippen LogP contribution in [-0.2, 0) is 29.6 Å². The Labute approximate surface area is 163 Å². The average molecular weight is 380 g/mol. The standard InChI is InChI=1S/C21H24N4O3/c1-24-18-7-6-17(26)12-19(18)25(21(24)28)13-14-2-4-15(5-3-14)20(27)23-16-8-10-22-11-9-16/h6-11,14-15H,2-5,12-13H2,1H3,(H,22,23,27). The molecule has 2 aliphatic rings. The van der Waals surface area contributed by atoms with Gasteiger partial charge in [-0.1, -0.05) is 0 Å². The van der Waals surface area contributed by atoms with Gasteiger partial charge in [-0.2, -0.15) is 0 Å². The minimum Gasteiger partial charge on any atom is -0.326 e. The Bertz CT molecular complexity index is 979. The Morgan fingerprint density at radius 2 is 1.86 bits per heavy atom. The van der Waals surface area contributed by atoms with Crippen LogP contribution < -0.4 is 11.0 Å². The number of rotatable bonds is 4. The highest BCUT2D eigenvalue weighted by Gasteiger charge is 2.29. The van der Waals surface area contributed by atoms with Crippen molar-refractivity contribution in [2.75, 3.05) is 5.32 Å². The number of carbonyl (C=O) groups is 2. The second-order valence-corrected chi connectivity index (χ2v) is 7.70. The van der Waals surface area contributed by atoms with Crippen molar-refractivity contribution in [3.8, 4) is 0 Å². The third-order valence-electron chi connectivity index (χ3n) is 5.88. The van der Waals surface area contributed by atoms with E-state index >= 15 is 0 Å². The first-order chi connectivity index (χ1) is 13.5. The molecular weight excluding hydrogens is 356 g/mol. The van der Waals surface area contributed by atoms with Crippen LogP contribution in [0.3, 0.4) is 0 Å². The van der Waals surface area contributed by atoms with Gasteiger partial charge in [0.1, 0.15) is 0 Å². The van der Waals surface area contributed by atoms with Gasteiger partial charge in [0.05, 0.1) is 17.8 Å². The van der Waals surface area contributed by atoms with E-state index < -0.39 is 0 Å². The van der Waals surface area contributed by atoms with Crippen molar-refractivity contribution in [3.05, 3.63) is 52.5 Å². The molecule has 2 heterocycles. The van der Waals surface area contributed by atoms with E-state index in [1.165, 1.54) is 0 Å². The second kappa shape index (κ2) is 7.58. The summed E-state index contributed by atoms with van der Waals surface area (Å²) in [4.78, 5) is 40.9. The minimum absolute atomic E-state index is 0.00432. The number of hydrogen-bond donors (Lipinski definition) is 1. The van der Waals surface area contributed by atoms with Crippen LogP contribution >= 0.6 is 0 Å². The lowest BCUT2D eigenvalue weighted by atomic mass is 9.81. The molecule has 0 unspecified atom stereocenters. The highest BCUT2D eigenvalue weighted by molar-refractivity contribution is 5.97. The monoisotopic (exact) mass is 380 g/mol. The summed E-state index contributed by atoms with van der Waals surface area (Å²) in [5.74, 6) is 0.420. The van der Waals surface area contributed by atoms with Crippen molar-refractivity contribution in [1.82, 2.24) is 14.1 Å². The number of nitrogens with zero attached hydrogens (tertiary/aromatic N) is 3. The van der Waals surface area contributed by atoms with Crippen LogP contribution in [0.4, 0.5) is 5.69 Å². The van der Waals surface area contributed by atoms with Gasteiger partial charge in [0.15, 0.2) is 5.78 Å². The van der Waals surface area contributed by atoms with E-state index in [4.69, 9.17) is 0 Å². The first-order valence-corrected chi connectivity index (χ1v) is 9.73. The molecule has 4 rings (SSSR count). The van der Waals surface area contributed by atoms with Gasteiger partial charge in [-0.25, -0.2) is 4.79 Å². The smallest absolute Gasteiger partial charge is 0.326 e. The lowest BCUT2D eigenvalue weighted by Gasteiger charge is -2.28. The van der Waals surface area contributed by atoms with Crippen LogP contribution in [0.1, 0.15) is 37.1 Å². The van der Waals surface area contributed by atoms with Crippen LogP contribution in [0.2, 0.25) is 0 Å². The fraction of sp³-hybridized carbons (Fsp3) is 0.429. The molecule has 7 nitrogen and oxygen atoms in total. The number of amides is 1. The number of ketones is 1. The Kier molecular flexibility index (Phi) is 4.98. The molecule has 1 saturated carbocycles. The summed E-state index contributed by atoms with van der Waals surface area (Å²) in [6.45, 7) is 0.613. The maximum atomic E-state index is 12.6. The van der Waals surface area contributed by atoms with Crippen molar-refractivity contribution in [2.45, 2.75) is 38.6 Å². The van der Waals surface area contributed by atoms with E-state index in [0.29, 0.717) is 12.5 Å². The molecule has 1 amide bonds. The van der Waals surface area contributed by atoms with Gasteiger partial charge in [0.25, 0.3) is 0 Å². The van der Waals surface area contributed by atoms with E-state index in [1.807, 2.05) is 0 Å². The Balaban J connectivity index is 1.39. The number of aromatic nitrogens is 3. The molecule has 0 aliphatic heterocycles. The molecule has 0 aromatic carbocycles. The van der Waals surface area contributed by atoms with E-state index in [2.05, 4.69) is 10.3 Å². The third-order valence-corrected chi connectivity index (χ3v) is 5.88. The van der Waals surface area contributed by atoms with Crippen molar-refractivity contribution in [1.29, 1.82) is 0 Å². The number of allylic oxidation sites excluding steroid dienone is 1. The first kappa shape index (κ1) is 18.4. The molecule has 1 fully saturated rings. The topological polar surface area (TPSA) is 86.0 Å². The van der Waals surface area contributed by atoms with E-state index in [-0.39, 0.29) is 29.7 Å². The lowest BCUT2D eigenvalue weighted by molar-refractivity contribution is -0.121. The first-order valence-electron chi connectivity index (χ1n) is 9.73. The van der Waals surface area contributed by atoms with Crippen molar-refractivity contribution >= 4 is 23.5 Å². The zero-order valence-corrected chi connectivity index (χ0v) is 15.9. The van der Waals surface area contributed by atoms with Gasteiger partial charge >= 0.3 is 5.69 Å². The Morgan fingerprint density at radius 1 is 1.14 bits per heavy atom. The number of hydrogen-bond acceptors (Lipinski definition) is 4. The lowest BCUT2D eigenvalue weighted by Crippen LogP contribution is -2.31. The highest BCUT2D eigenvalue weighted by atomic mass is 16.2. The molecule has 7 heteroatoms. The van der Waals surface area contributed by atoms with Crippen LogP contribution in [0, 0.1) is 11.8 Å². The number of fused-ring (bicyclic) bond motifs is 1. The van der Waals surface area contributed by atoms with Crippen LogP contribution in [-0.4, -0.2) is 25.8 Å². The molecular formula is C21H24N4O3. The summed E-state index contributed by atoms with van der Waals surface area (Å²) in [7, 11) is 1.75. The zero-order chi connectivity index (χ0) is 19.7. The number of carbonyl (C=O) groups excluding carboxylic acids is 2. The molecule has 2 aromatic rings. The third kappa shape index (κ3) is 3.56. The predicted octanol–water partition coefficient (Wildman–Crippen LogP) is 2.17. The van der Waals surface area contributed by atoms with Crippen molar-refractivity contribution in [3.63, 3.8) is 0 Å². The summed E-state index contributed by atoms with van der Waals surface area (Å²) in [6, 6.07) is 3.56. The highest BCUT2D eigenvalue weighted by Crippen LogP contribution is 2.31. The average Bonchev–Trinajstić information content (AvgIpc) is 2.93. The van der Waals surface area contributed by atoms with E-state index in [0.717, 1.165) is 42.8 Å². The molecule has 2 aliphatic carbocycles. The molecule has 1 N–H and O–H groups in total. The summed E-state index contributed by atoms with van der Waals surface area (Å²) in [5.41, 5.74) is 2.34. The van der Waals surface area contributed by atoms with E-state index in [1.54, 1.807) is 52.9 Å². The largest absolute Gasteiger partial charge is 0.328 e. The molecule has 0 radical (unpaired) electrons. The van der Waals surface area contributed by atoms with Gasteiger partial charge in [-0.15, -0.1) is 0 Å². The maximum absolute atomic E-state index is 12.6. The normalized spacial score (nSPS) is 21.4. The Morgan fingerprint density at radius 3 is 2.57 bits per heavy atom. The van der Waals surface area contributed by atoms with Crippen molar-refractivity contribution < 1.29 is 9.59 Å². The summed E-state index contributed by atoms with van der Waals surface area (Å²) in [5, 5.41) is 2.95. The number of nitrogens with one attached hydrogen (secondary N) is 1. The minimum atomic E-state index is -0.0677. The molecule has 2 aromatic heterocycles. The van der Waals surface area contributed by atoms with Gasteiger partial charge in [0, 0.05) is 37.6 Å². The molecule has 0 bridgehead atoms. The fourth-order valence-corrected chi connectivity index (χ4v) is 4.25. The molecule has 0 saturated heterocycles. The summed E-state index contributed by atoms with van der Waals surface area (Å²) >= 11 is 0. The Hall–Kier alpha value is -2.96. The van der Waals surface area contributed by atoms with Crippen LogP contribution in [0.5, 0.6) is 0 Å². The molecule has 0 spiro atoms. The van der Waals surface area contributed by atoms with Gasteiger partial charge in [0.2, 0.25) is 5.91 Å². The SMILES string of the molecule is Cn1c2c(n(CC3CCC(C(=O)Nc4ccncc4)CC3)c1=O)CC(=O)C=C2. The van der Waals surface area contributed by atoms with Gasteiger partial charge in [-0.3, -0.25) is 23.7 Å². The van der Waals surface area contributed by atoms with E-state index in [9.17, 15) is 14.4 Å². The second-order valence-electron chi connectivity index (χ2n) is 7.70. The van der Waals surface area contributed by atoms with Gasteiger partial charge in [-0.05, 0) is 55.9 Å². The quantitative estimate of drug-likeness (QED) is 0.881. The molecule has 0 atom stereocenters. The van der Waals surface area contributed by atoms with Crippen molar-refractivity contribution in [2.24, 2.45) is 18.9 Å². The maximum Gasteiger partial charge on any atom is 0.328 e. The summed E-state index contributed by atoms with van der Waals surface area (Å²) in [6.07, 6.45) is 10.3. The van der Waals surface area contributed by atoms with Crippen LogP contribution in [0.15, 0.2) is 35.4 Å². The number of anilines is 1. The van der Waals surface area contributed by atoms with Gasteiger partial charge < -0.3 is 5.32 Å². The van der Waals surface area contributed by atoms with Crippen LogP contribution in [0.25, 0.3) is 6.08 Å². The fourth-order valence-electron chi connectivity index (χ4n) is 4.25. The molecule has 146 valence electrons. The molecule has 28 heavy (non-hydrogen) atoms. The predicted molar refractivity (Wildman–Crippen MR) is 106 cm³/mol. The summed E-state index contributed by atoms with van der Waals surface area (Å²) < 4.78 is 3.38.